The van der Waals surface area contributed by atoms with Gasteiger partial charge in [-0.1, -0.05) is 24.3 Å². The highest BCUT2D eigenvalue weighted by atomic mass is 19.4. The number of ether oxygens (including phenoxy) is 1. The van der Waals surface area contributed by atoms with Crippen molar-refractivity contribution < 1.29 is 17.9 Å². The van der Waals surface area contributed by atoms with Crippen molar-refractivity contribution in [2.45, 2.75) is 19.1 Å². The van der Waals surface area contributed by atoms with Crippen LogP contribution in [-0.4, -0.2) is 6.61 Å². The minimum atomic E-state index is -4.34. The van der Waals surface area contributed by atoms with E-state index >= 15 is 0 Å². The molecule has 0 bridgehead atoms. The summed E-state index contributed by atoms with van der Waals surface area (Å²) in [5.74, 6) is 0.692. The molecule has 2 aromatic rings. The van der Waals surface area contributed by atoms with Crippen molar-refractivity contribution >= 4 is 0 Å². The first-order valence-electron chi connectivity index (χ1n) is 6.57. The predicted molar refractivity (Wildman–Crippen MR) is 75.1 cm³/mol. The Bertz CT molecular complexity index is 593. The van der Waals surface area contributed by atoms with Gasteiger partial charge in [0.1, 0.15) is 5.75 Å². The lowest BCUT2D eigenvalue weighted by Gasteiger charge is -2.15. The Morgan fingerprint density at radius 2 is 1.71 bits per heavy atom. The number of hydrogen-bond donors (Lipinski definition) is 1. The van der Waals surface area contributed by atoms with Crippen LogP contribution in [0.4, 0.5) is 13.2 Å². The summed E-state index contributed by atoms with van der Waals surface area (Å²) in [7, 11) is 0. The van der Waals surface area contributed by atoms with E-state index in [-0.39, 0.29) is 0 Å². The summed E-state index contributed by atoms with van der Waals surface area (Å²) in [4.78, 5) is 0. The normalized spacial score (nSPS) is 13.0. The smallest absolute Gasteiger partial charge is 0.416 e. The van der Waals surface area contributed by atoms with Gasteiger partial charge in [0, 0.05) is 0 Å². The van der Waals surface area contributed by atoms with Crippen LogP contribution < -0.4 is 10.5 Å². The molecule has 0 saturated heterocycles. The zero-order chi connectivity index (χ0) is 15.5. The lowest BCUT2D eigenvalue weighted by molar-refractivity contribution is -0.137. The highest BCUT2D eigenvalue weighted by Gasteiger charge is 2.30. The van der Waals surface area contributed by atoms with E-state index in [4.69, 9.17) is 10.5 Å². The van der Waals surface area contributed by atoms with Crippen LogP contribution in [0.15, 0.2) is 48.5 Å². The summed E-state index contributed by atoms with van der Waals surface area (Å²) in [6.07, 6.45) is -4.34. The first-order chi connectivity index (χ1) is 9.91. The van der Waals surface area contributed by atoms with Crippen LogP contribution in [0.3, 0.4) is 0 Å². The lowest BCUT2D eigenvalue weighted by atomic mass is 9.98. The second kappa shape index (κ2) is 6.18. The van der Waals surface area contributed by atoms with Crippen molar-refractivity contribution in [2.24, 2.45) is 5.73 Å². The van der Waals surface area contributed by atoms with E-state index in [0.29, 0.717) is 17.9 Å². The van der Waals surface area contributed by atoms with Crippen LogP contribution in [0.25, 0.3) is 0 Å². The summed E-state index contributed by atoms with van der Waals surface area (Å²) in [5, 5.41) is 0. The standard InChI is InChI=1S/C16H16F3NO/c1-2-21-14-5-3-4-12(10-14)15(20)11-6-8-13(9-7-11)16(17,18)19/h3-10,15H,2,20H2,1H3. The SMILES string of the molecule is CCOc1cccc(C(N)c2ccc(C(F)(F)F)cc2)c1. The number of nitrogens with two attached hydrogens (primary N) is 1. The fourth-order valence-corrected chi connectivity index (χ4v) is 2.04. The third-order valence-electron chi connectivity index (χ3n) is 3.13. The fourth-order valence-electron chi connectivity index (χ4n) is 2.04. The molecule has 0 aromatic heterocycles. The third-order valence-corrected chi connectivity index (χ3v) is 3.13. The molecule has 0 spiro atoms. The molecular weight excluding hydrogens is 279 g/mol. The Kier molecular flexibility index (Phi) is 4.53. The van der Waals surface area contributed by atoms with Crippen molar-refractivity contribution in [3.05, 3.63) is 65.2 Å². The molecule has 0 heterocycles. The maximum atomic E-state index is 12.5. The third kappa shape index (κ3) is 3.76. The van der Waals surface area contributed by atoms with Crippen LogP contribution in [0.5, 0.6) is 5.75 Å². The minimum Gasteiger partial charge on any atom is -0.494 e. The zero-order valence-corrected chi connectivity index (χ0v) is 11.5. The zero-order valence-electron chi connectivity index (χ0n) is 11.5. The molecule has 0 radical (unpaired) electrons. The molecule has 1 atom stereocenters. The Balaban J connectivity index is 2.23. The fraction of sp³-hybridized carbons (Fsp3) is 0.250. The van der Waals surface area contributed by atoms with Crippen molar-refractivity contribution in [1.29, 1.82) is 0 Å². The van der Waals surface area contributed by atoms with E-state index in [1.807, 2.05) is 25.1 Å². The van der Waals surface area contributed by atoms with E-state index in [1.165, 1.54) is 12.1 Å². The Morgan fingerprint density at radius 1 is 1.05 bits per heavy atom. The van der Waals surface area contributed by atoms with Crippen molar-refractivity contribution in [3.63, 3.8) is 0 Å². The molecular formula is C16H16F3NO. The molecule has 0 aliphatic heterocycles. The lowest BCUT2D eigenvalue weighted by Crippen LogP contribution is -2.13. The maximum Gasteiger partial charge on any atom is 0.416 e. The van der Waals surface area contributed by atoms with Crippen LogP contribution >= 0.6 is 0 Å². The molecule has 2 aromatic carbocycles. The van der Waals surface area contributed by atoms with Gasteiger partial charge in [0.05, 0.1) is 18.2 Å². The van der Waals surface area contributed by atoms with Gasteiger partial charge in [0.2, 0.25) is 0 Å². The highest BCUT2D eigenvalue weighted by molar-refractivity contribution is 5.37. The van der Waals surface area contributed by atoms with Gasteiger partial charge >= 0.3 is 6.18 Å². The Labute approximate surface area is 121 Å². The summed E-state index contributed by atoms with van der Waals surface area (Å²) < 4.78 is 43.0. The number of hydrogen-bond acceptors (Lipinski definition) is 2. The second-order valence-corrected chi connectivity index (χ2v) is 4.60. The van der Waals surface area contributed by atoms with Gasteiger partial charge in [-0.25, -0.2) is 0 Å². The summed E-state index contributed by atoms with van der Waals surface area (Å²) in [5.41, 5.74) is 6.84. The van der Waals surface area contributed by atoms with Gasteiger partial charge in [0.15, 0.2) is 0 Å². The van der Waals surface area contributed by atoms with Crippen molar-refractivity contribution in [2.75, 3.05) is 6.61 Å². The van der Waals surface area contributed by atoms with Crippen molar-refractivity contribution in [1.82, 2.24) is 0 Å². The molecule has 0 aliphatic carbocycles. The van der Waals surface area contributed by atoms with Gasteiger partial charge in [-0.2, -0.15) is 13.2 Å². The summed E-state index contributed by atoms with van der Waals surface area (Å²) in [6, 6.07) is 11.6. The van der Waals surface area contributed by atoms with Crippen LogP contribution in [0, 0.1) is 0 Å². The number of alkyl halides is 3. The number of benzene rings is 2. The molecule has 0 aliphatic rings. The monoisotopic (exact) mass is 295 g/mol. The average molecular weight is 295 g/mol. The molecule has 5 heteroatoms. The summed E-state index contributed by atoms with van der Waals surface area (Å²) >= 11 is 0. The van der Waals surface area contributed by atoms with Crippen LogP contribution in [0.2, 0.25) is 0 Å². The van der Waals surface area contributed by atoms with Gasteiger partial charge in [-0.3, -0.25) is 0 Å². The van der Waals surface area contributed by atoms with Crippen LogP contribution in [0.1, 0.15) is 29.7 Å². The van der Waals surface area contributed by atoms with E-state index in [2.05, 4.69) is 0 Å². The van der Waals surface area contributed by atoms with E-state index in [0.717, 1.165) is 17.7 Å². The maximum absolute atomic E-state index is 12.5. The largest absolute Gasteiger partial charge is 0.494 e. The first kappa shape index (κ1) is 15.4. The minimum absolute atomic E-state index is 0.493. The molecule has 0 saturated carbocycles. The average Bonchev–Trinajstić information content (AvgIpc) is 2.46. The molecule has 0 amide bonds. The summed E-state index contributed by atoms with van der Waals surface area (Å²) in [6.45, 7) is 2.42. The van der Waals surface area contributed by atoms with E-state index in [9.17, 15) is 13.2 Å². The van der Waals surface area contributed by atoms with Crippen molar-refractivity contribution in [3.8, 4) is 5.75 Å². The molecule has 21 heavy (non-hydrogen) atoms. The topological polar surface area (TPSA) is 35.2 Å². The van der Waals surface area contributed by atoms with E-state index < -0.39 is 17.8 Å². The second-order valence-electron chi connectivity index (χ2n) is 4.60. The van der Waals surface area contributed by atoms with E-state index in [1.54, 1.807) is 6.07 Å². The Morgan fingerprint density at radius 3 is 2.29 bits per heavy atom. The molecule has 2 nitrogen and oxygen atoms in total. The highest BCUT2D eigenvalue weighted by Crippen LogP contribution is 2.31. The molecule has 112 valence electrons. The van der Waals surface area contributed by atoms with Gasteiger partial charge < -0.3 is 10.5 Å². The molecule has 0 fully saturated rings. The number of rotatable bonds is 4. The molecule has 2 N–H and O–H groups in total. The molecule has 2 rings (SSSR count). The quantitative estimate of drug-likeness (QED) is 0.919. The predicted octanol–water partition coefficient (Wildman–Crippen LogP) is 4.15. The van der Waals surface area contributed by atoms with Gasteiger partial charge in [-0.15, -0.1) is 0 Å². The molecule has 1 unspecified atom stereocenters. The Hall–Kier alpha value is -2.01. The van der Waals surface area contributed by atoms with Crippen LogP contribution in [-0.2, 0) is 6.18 Å². The van der Waals surface area contributed by atoms with Gasteiger partial charge in [-0.05, 0) is 42.3 Å². The van der Waals surface area contributed by atoms with Gasteiger partial charge in [0.25, 0.3) is 0 Å². The first-order valence-corrected chi connectivity index (χ1v) is 6.57. The number of halogens is 3.